The summed E-state index contributed by atoms with van der Waals surface area (Å²) in [6.45, 7) is 7.21. The fourth-order valence-corrected chi connectivity index (χ4v) is 2.61. The third-order valence-corrected chi connectivity index (χ3v) is 4.13. The molecule has 0 fully saturated rings. The molecule has 0 saturated carbocycles. The average molecular weight is 291 g/mol. The second kappa shape index (κ2) is 8.59. The van der Waals surface area contributed by atoms with Gasteiger partial charge in [-0.15, -0.1) is 0 Å². The Kier molecular flexibility index (Phi) is 7.46. The quantitative estimate of drug-likeness (QED) is 0.717. The third kappa shape index (κ3) is 5.95. The molecule has 0 aliphatic heterocycles. The van der Waals surface area contributed by atoms with Crippen LogP contribution in [-0.2, 0) is 12.3 Å². The standard InChI is InChI=1S/C14H23F2NOS/c1-4-11(5-2)10(3)17-8-12-6-7-13(18-12)9-19-14(15)16/h6-7,10-11,14,17H,4-5,8-9H2,1-3H3. The number of furan rings is 1. The van der Waals surface area contributed by atoms with Crippen LogP contribution in [0, 0.1) is 5.92 Å². The van der Waals surface area contributed by atoms with Gasteiger partial charge in [-0.2, -0.15) is 8.78 Å². The van der Waals surface area contributed by atoms with Crippen molar-refractivity contribution in [3.8, 4) is 0 Å². The van der Waals surface area contributed by atoms with Crippen LogP contribution in [-0.4, -0.2) is 11.8 Å². The molecule has 1 aromatic heterocycles. The van der Waals surface area contributed by atoms with Crippen molar-refractivity contribution in [1.82, 2.24) is 5.32 Å². The molecule has 1 rings (SSSR count). The summed E-state index contributed by atoms with van der Waals surface area (Å²) in [5, 5.41) is 3.43. The molecule has 0 radical (unpaired) electrons. The lowest BCUT2D eigenvalue weighted by atomic mass is 9.95. The number of halogens is 2. The highest BCUT2D eigenvalue weighted by Gasteiger charge is 2.13. The molecule has 0 aliphatic rings. The Balaban J connectivity index is 2.37. The fourth-order valence-electron chi connectivity index (χ4n) is 2.16. The lowest BCUT2D eigenvalue weighted by molar-refractivity contribution is 0.251. The van der Waals surface area contributed by atoms with Gasteiger partial charge in [0, 0.05) is 6.04 Å². The summed E-state index contributed by atoms with van der Waals surface area (Å²) < 4.78 is 29.6. The van der Waals surface area contributed by atoms with Crippen LogP contribution in [0.25, 0.3) is 0 Å². The van der Waals surface area contributed by atoms with Gasteiger partial charge in [0.05, 0.1) is 12.3 Å². The molecule has 0 saturated heterocycles. The minimum absolute atomic E-state index is 0.222. The fraction of sp³-hybridized carbons (Fsp3) is 0.714. The van der Waals surface area contributed by atoms with Crippen molar-refractivity contribution >= 4 is 11.8 Å². The summed E-state index contributed by atoms with van der Waals surface area (Å²) in [7, 11) is 0. The maximum Gasteiger partial charge on any atom is 0.284 e. The summed E-state index contributed by atoms with van der Waals surface area (Å²) in [4.78, 5) is 0. The van der Waals surface area contributed by atoms with Gasteiger partial charge in [0.2, 0.25) is 0 Å². The SMILES string of the molecule is CCC(CC)C(C)NCc1ccc(CSC(F)F)o1. The van der Waals surface area contributed by atoms with E-state index in [1.54, 1.807) is 6.07 Å². The molecule has 0 amide bonds. The lowest BCUT2D eigenvalue weighted by Gasteiger charge is -2.21. The number of hydrogen-bond acceptors (Lipinski definition) is 3. The van der Waals surface area contributed by atoms with E-state index in [2.05, 4.69) is 26.1 Å². The van der Waals surface area contributed by atoms with E-state index in [1.165, 1.54) is 0 Å². The Hall–Kier alpha value is -0.550. The van der Waals surface area contributed by atoms with Crippen LogP contribution in [0.4, 0.5) is 8.78 Å². The molecule has 1 N–H and O–H groups in total. The van der Waals surface area contributed by atoms with E-state index < -0.39 is 5.76 Å². The second-order valence-corrected chi connectivity index (χ2v) is 5.66. The van der Waals surface area contributed by atoms with E-state index in [0.29, 0.717) is 36.0 Å². The maximum atomic E-state index is 12.1. The van der Waals surface area contributed by atoms with Gasteiger partial charge in [-0.1, -0.05) is 38.5 Å². The van der Waals surface area contributed by atoms with Crippen LogP contribution in [0.3, 0.4) is 0 Å². The number of rotatable bonds is 9. The van der Waals surface area contributed by atoms with Crippen molar-refractivity contribution in [2.24, 2.45) is 5.92 Å². The molecule has 1 unspecified atom stereocenters. The summed E-state index contributed by atoms with van der Waals surface area (Å²) in [6.07, 6.45) is 2.30. The van der Waals surface area contributed by atoms with E-state index in [9.17, 15) is 8.78 Å². The Morgan fingerprint density at radius 1 is 1.21 bits per heavy atom. The molecule has 19 heavy (non-hydrogen) atoms. The molecule has 1 heterocycles. The zero-order valence-electron chi connectivity index (χ0n) is 11.8. The van der Waals surface area contributed by atoms with Crippen LogP contribution in [0.5, 0.6) is 0 Å². The molecule has 0 bridgehead atoms. The van der Waals surface area contributed by atoms with Crippen LogP contribution < -0.4 is 5.32 Å². The Labute approximate surface area is 118 Å². The van der Waals surface area contributed by atoms with E-state index in [1.807, 2.05) is 6.07 Å². The first-order chi connectivity index (χ1) is 9.06. The molecule has 110 valence electrons. The highest BCUT2D eigenvalue weighted by atomic mass is 32.2. The summed E-state index contributed by atoms with van der Waals surface area (Å²) in [6, 6.07) is 4.06. The molecule has 1 aromatic rings. The van der Waals surface area contributed by atoms with Gasteiger partial charge >= 0.3 is 0 Å². The number of hydrogen-bond donors (Lipinski definition) is 1. The minimum Gasteiger partial charge on any atom is -0.464 e. The zero-order valence-corrected chi connectivity index (χ0v) is 12.6. The van der Waals surface area contributed by atoms with Gasteiger partial charge in [-0.3, -0.25) is 0 Å². The Morgan fingerprint density at radius 2 is 1.84 bits per heavy atom. The highest BCUT2D eigenvalue weighted by Crippen LogP contribution is 2.21. The molecule has 0 aliphatic carbocycles. The molecular weight excluding hydrogens is 268 g/mol. The number of nitrogens with one attached hydrogen (secondary N) is 1. The smallest absolute Gasteiger partial charge is 0.284 e. The first kappa shape index (κ1) is 16.5. The first-order valence-electron chi connectivity index (χ1n) is 6.77. The predicted octanol–water partition coefficient (Wildman–Crippen LogP) is 4.65. The van der Waals surface area contributed by atoms with Crippen molar-refractivity contribution in [2.75, 3.05) is 0 Å². The molecule has 1 atom stereocenters. The Morgan fingerprint density at radius 3 is 2.42 bits per heavy atom. The van der Waals surface area contributed by atoms with E-state index in [0.717, 1.165) is 18.6 Å². The lowest BCUT2D eigenvalue weighted by Crippen LogP contribution is -2.32. The third-order valence-electron chi connectivity index (χ3n) is 3.42. The van der Waals surface area contributed by atoms with E-state index >= 15 is 0 Å². The molecular formula is C14H23F2NOS. The van der Waals surface area contributed by atoms with Gasteiger partial charge in [-0.05, 0) is 25.0 Å². The van der Waals surface area contributed by atoms with Gasteiger partial charge in [0.25, 0.3) is 5.76 Å². The van der Waals surface area contributed by atoms with E-state index in [-0.39, 0.29) is 5.75 Å². The molecule has 2 nitrogen and oxygen atoms in total. The summed E-state index contributed by atoms with van der Waals surface area (Å²) >= 11 is 0.587. The average Bonchev–Trinajstić information content (AvgIpc) is 2.83. The minimum atomic E-state index is -2.35. The van der Waals surface area contributed by atoms with Crippen molar-refractivity contribution in [3.63, 3.8) is 0 Å². The van der Waals surface area contributed by atoms with Crippen LogP contribution >= 0.6 is 11.8 Å². The topological polar surface area (TPSA) is 25.2 Å². The predicted molar refractivity (Wildman–Crippen MR) is 76.4 cm³/mol. The normalized spacial score (nSPS) is 13.4. The van der Waals surface area contributed by atoms with Crippen molar-refractivity contribution in [1.29, 1.82) is 0 Å². The molecule has 0 aromatic carbocycles. The van der Waals surface area contributed by atoms with Gasteiger partial charge < -0.3 is 9.73 Å². The monoisotopic (exact) mass is 291 g/mol. The van der Waals surface area contributed by atoms with Gasteiger partial charge in [0.1, 0.15) is 11.5 Å². The second-order valence-electron chi connectivity index (χ2n) is 4.69. The van der Waals surface area contributed by atoms with Crippen LogP contribution in [0.1, 0.15) is 45.1 Å². The van der Waals surface area contributed by atoms with Crippen LogP contribution in [0.2, 0.25) is 0 Å². The largest absolute Gasteiger partial charge is 0.464 e. The van der Waals surface area contributed by atoms with Gasteiger partial charge in [0.15, 0.2) is 0 Å². The molecule has 5 heteroatoms. The number of thioether (sulfide) groups is 1. The van der Waals surface area contributed by atoms with Gasteiger partial charge in [-0.25, -0.2) is 0 Å². The number of alkyl halides is 2. The maximum absolute atomic E-state index is 12.1. The molecule has 0 spiro atoms. The Bertz CT molecular complexity index is 353. The first-order valence-corrected chi connectivity index (χ1v) is 7.82. The van der Waals surface area contributed by atoms with E-state index in [4.69, 9.17) is 4.42 Å². The summed E-state index contributed by atoms with van der Waals surface area (Å²) in [5.41, 5.74) is 0. The van der Waals surface area contributed by atoms with Crippen molar-refractivity contribution in [2.45, 2.75) is 57.7 Å². The highest BCUT2D eigenvalue weighted by molar-refractivity contribution is 7.98. The zero-order chi connectivity index (χ0) is 14.3. The van der Waals surface area contributed by atoms with Crippen LogP contribution in [0.15, 0.2) is 16.5 Å². The van der Waals surface area contributed by atoms with Crippen molar-refractivity contribution < 1.29 is 13.2 Å². The summed E-state index contributed by atoms with van der Waals surface area (Å²) in [5.74, 6) is -0.0508. The van der Waals surface area contributed by atoms with Crippen molar-refractivity contribution in [3.05, 3.63) is 23.7 Å².